The minimum Gasteiger partial charge on any atom is -0.342 e. The lowest BCUT2D eigenvalue weighted by Gasteiger charge is -2.19. The summed E-state index contributed by atoms with van der Waals surface area (Å²) in [6.07, 6.45) is 5.46. The van der Waals surface area contributed by atoms with Gasteiger partial charge in [0, 0.05) is 36.3 Å². The van der Waals surface area contributed by atoms with Crippen molar-refractivity contribution in [2.24, 2.45) is 7.05 Å². The molecule has 0 spiro atoms. The van der Waals surface area contributed by atoms with Crippen LogP contribution in [-0.4, -0.2) is 15.5 Å². The highest BCUT2D eigenvalue weighted by atomic mass is 32.1. The fourth-order valence-corrected chi connectivity index (χ4v) is 3.51. The predicted octanol–water partition coefficient (Wildman–Crippen LogP) is 3.85. The summed E-state index contributed by atoms with van der Waals surface area (Å²) in [6.45, 7) is 0. The smallest absolute Gasteiger partial charge is 0.220 e. The first-order valence-electron chi connectivity index (χ1n) is 8.18. The lowest BCUT2D eigenvalue weighted by atomic mass is 10.0. The molecule has 0 aliphatic carbocycles. The Hall–Kier alpha value is -2.47. The lowest BCUT2D eigenvalue weighted by Crippen LogP contribution is -2.31. The molecule has 3 rings (SSSR count). The summed E-state index contributed by atoms with van der Waals surface area (Å²) in [4.78, 5) is 18.0. The highest BCUT2D eigenvalue weighted by Gasteiger charge is 2.23. The number of hydrogen-bond donors (Lipinski definition) is 1. The molecule has 0 saturated heterocycles. The van der Waals surface area contributed by atoms with Crippen LogP contribution in [0, 0.1) is 5.82 Å². The second kappa shape index (κ2) is 8.07. The summed E-state index contributed by atoms with van der Waals surface area (Å²) < 4.78 is 16.1. The summed E-state index contributed by atoms with van der Waals surface area (Å²) >= 11 is 1.69. The molecule has 3 aromatic rings. The van der Waals surface area contributed by atoms with Gasteiger partial charge in [-0.1, -0.05) is 24.3 Å². The molecule has 0 aliphatic rings. The van der Waals surface area contributed by atoms with Gasteiger partial charge in [-0.3, -0.25) is 4.79 Å². The van der Waals surface area contributed by atoms with Crippen LogP contribution >= 0.6 is 11.3 Å². The number of halogens is 1. The Bertz CT molecular complexity index is 829. The monoisotopic (exact) mass is 357 g/mol. The van der Waals surface area contributed by atoms with Gasteiger partial charge in [0.25, 0.3) is 0 Å². The van der Waals surface area contributed by atoms with Crippen LogP contribution < -0.4 is 5.32 Å². The van der Waals surface area contributed by atoms with Crippen molar-refractivity contribution >= 4 is 17.2 Å². The average molecular weight is 357 g/mol. The normalized spacial score (nSPS) is 12.1. The Morgan fingerprint density at radius 3 is 2.84 bits per heavy atom. The van der Waals surface area contributed by atoms with Crippen molar-refractivity contribution in [2.75, 3.05) is 0 Å². The minimum atomic E-state index is -0.601. The first-order valence-corrected chi connectivity index (χ1v) is 9.06. The number of carbonyl (C=O) groups excluding carboxylic acids is 1. The van der Waals surface area contributed by atoms with E-state index in [0.29, 0.717) is 17.8 Å². The maximum atomic E-state index is 14.3. The number of rotatable bonds is 7. The molecule has 1 amide bonds. The molecular formula is C19H20FN3OS. The molecule has 0 aliphatic heterocycles. The first-order chi connectivity index (χ1) is 12.1. The van der Waals surface area contributed by atoms with Crippen molar-refractivity contribution in [3.8, 4) is 0 Å². The van der Waals surface area contributed by atoms with Crippen LogP contribution in [0.4, 0.5) is 4.39 Å². The van der Waals surface area contributed by atoms with Crippen molar-refractivity contribution in [2.45, 2.75) is 25.3 Å². The quantitative estimate of drug-likeness (QED) is 0.698. The Balaban J connectivity index is 1.71. The summed E-state index contributed by atoms with van der Waals surface area (Å²) in [5.74, 6) is 0.152. The molecule has 130 valence electrons. The van der Waals surface area contributed by atoms with Crippen molar-refractivity contribution in [1.82, 2.24) is 14.9 Å². The van der Waals surface area contributed by atoms with E-state index in [9.17, 15) is 9.18 Å². The number of carbonyl (C=O) groups is 1. The van der Waals surface area contributed by atoms with Gasteiger partial charge >= 0.3 is 0 Å². The molecule has 1 N–H and O–H groups in total. The molecule has 4 nitrogen and oxygen atoms in total. The van der Waals surface area contributed by atoms with Gasteiger partial charge in [-0.15, -0.1) is 11.3 Å². The van der Waals surface area contributed by atoms with E-state index in [4.69, 9.17) is 0 Å². The zero-order chi connectivity index (χ0) is 17.6. The van der Waals surface area contributed by atoms with Gasteiger partial charge in [-0.05, 0) is 30.4 Å². The molecule has 1 aromatic carbocycles. The van der Waals surface area contributed by atoms with E-state index in [1.165, 1.54) is 10.9 Å². The Labute approximate surface area is 150 Å². The molecule has 6 heteroatoms. The van der Waals surface area contributed by atoms with Crippen LogP contribution in [0.15, 0.2) is 54.2 Å². The van der Waals surface area contributed by atoms with Gasteiger partial charge in [-0.25, -0.2) is 9.37 Å². The van der Waals surface area contributed by atoms with Gasteiger partial charge < -0.3 is 9.88 Å². The van der Waals surface area contributed by atoms with Crippen LogP contribution in [-0.2, 0) is 18.3 Å². The van der Waals surface area contributed by atoms with E-state index in [2.05, 4.69) is 16.4 Å². The summed E-state index contributed by atoms with van der Waals surface area (Å²) in [6, 6.07) is 9.95. The zero-order valence-corrected chi connectivity index (χ0v) is 14.8. The molecule has 0 radical (unpaired) electrons. The van der Waals surface area contributed by atoms with Crippen LogP contribution in [0.5, 0.6) is 0 Å². The third-order valence-electron chi connectivity index (χ3n) is 4.05. The van der Waals surface area contributed by atoms with Crippen molar-refractivity contribution in [3.63, 3.8) is 0 Å². The standard InChI is InChI=1S/C19H20FN3OS/c1-23-12-11-21-19(23)18(15-8-2-3-9-16(15)20)22-17(24)10-4-6-14-7-5-13-25-14/h2-3,5,7-9,11-13,18H,4,6,10H2,1H3,(H,22,24). The van der Waals surface area contributed by atoms with Crippen molar-refractivity contribution in [1.29, 1.82) is 0 Å². The Morgan fingerprint density at radius 2 is 2.16 bits per heavy atom. The van der Waals surface area contributed by atoms with Crippen molar-refractivity contribution in [3.05, 3.63) is 76.3 Å². The van der Waals surface area contributed by atoms with E-state index >= 15 is 0 Å². The first kappa shape index (κ1) is 17.4. The number of hydrogen-bond acceptors (Lipinski definition) is 3. The van der Waals surface area contributed by atoms with E-state index in [1.807, 2.05) is 18.5 Å². The number of benzene rings is 1. The largest absolute Gasteiger partial charge is 0.342 e. The molecule has 0 bridgehead atoms. The van der Waals surface area contributed by atoms with Crippen LogP contribution in [0.1, 0.15) is 35.1 Å². The maximum Gasteiger partial charge on any atom is 0.220 e. The molecule has 2 aromatic heterocycles. The number of aromatic nitrogens is 2. The fourth-order valence-electron chi connectivity index (χ4n) is 2.76. The number of aryl methyl sites for hydroxylation is 2. The fraction of sp³-hybridized carbons (Fsp3) is 0.263. The zero-order valence-electron chi connectivity index (χ0n) is 14.0. The molecular weight excluding hydrogens is 337 g/mol. The molecule has 1 unspecified atom stereocenters. The van der Waals surface area contributed by atoms with Gasteiger partial charge in [0.05, 0.1) is 0 Å². The second-order valence-electron chi connectivity index (χ2n) is 5.85. The van der Waals surface area contributed by atoms with E-state index in [0.717, 1.165) is 12.8 Å². The van der Waals surface area contributed by atoms with E-state index < -0.39 is 6.04 Å². The summed E-state index contributed by atoms with van der Waals surface area (Å²) in [7, 11) is 1.83. The average Bonchev–Trinajstić information content (AvgIpc) is 3.25. The van der Waals surface area contributed by atoms with Crippen LogP contribution in [0.25, 0.3) is 0 Å². The highest BCUT2D eigenvalue weighted by Crippen LogP contribution is 2.23. The SMILES string of the molecule is Cn1ccnc1C(NC(=O)CCCc1cccs1)c1ccccc1F. The summed E-state index contributed by atoms with van der Waals surface area (Å²) in [5, 5.41) is 4.97. The molecule has 0 fully saturated rings. The Kier molecular flexibility index (Phi) is 5.60. The van der Waals surface area contributed by atoms with Gasteiger partial charge in [0.15, 0.2) is 0 Å². The Morgan fingerprint density at radius 1 is 1.32 bits per heavy atom. The summed E-state index contributed by atoms with van der Waals surface area (Å²) in [5.41, 5.74) is 0.420. The number of nitrogens with zero attached hydrogens (tertiary/aromatic N) is 2. The van der Waals surface area contributed by atoms with Crippen LogP contribution in [0.2, 0.25) is 0 Å². The minimum absolute atomic E-state index is 0.104. The number of amides is 1. The van der Waals surface area contributed by atoms with E-state index in [1.54, 1.807) is 46.5 Å². The van der Waals surface area contributed by atoms with E-state index in [-0.39, 0.29) is 11.7 Å². The number of nitrogens with one attached hydrogen (secondary N) is 1. The van der Waals surface area contributed by atoms with Gasteiger partial charge in [-0.2, -0.15) is 0 Å². The van der Waals surface area contributed by atoms with Crippen molar-refractivity contribution < 1.29 is 9.18 Å². The lowest BCUT2D eigenvalue weighted by molar-refractivity contribution is -0.121. The maximum absolute atomic E-state index is 14.3. The van der Waals surface area contributed by atoms with Gasteiger partial charge in [0.1, 0.15) is 17.7 Å². The topological polar surface area (TPSA) is 46.9 Å². The molecule has 2 heterocycles. The molecule has 1 atom stereocenters. The predicted molar refractivity (Wildman–Crippen MR) is 96.9 cm³/mol. The highest BCUT2D eigenvalue weighted by molar-refractivity contribution is 7.09. The number of thiophene rings is 1. The third-order valence-corrected chi connectivity index (χ3v) is 4.98. The van der Waals surface area contributed by atoms with Crippen LogP contribution in [0.3, 0.4) is 0 Å². The number of imidazole rings is 1. The molecule has 25 heavy (non-hydrogen) atoms. The molecule has 0 saturated carbocycles. The third kappa shape index (κ3) is 4.33. The van der Waals surface area contributed by atoms with Gasteiger partial charge in [0.2, 0.25) is 5.91 Å². The second-order valence-corrected chi connectivity index (χ2v) is 6.88.